The van der Waals surface area contributed by atoms with Crippen LogP contribution in [0.15, 0.2) is 46.8 Å². The summed E-state index contributed by atoms with van der Waals surface area (Å²) in [6.45, 7) is 1.60. The number of hydrogen-bond donors (Lipinski definition) is 1. The molecule has 3 heterocycles. The Morgan fingerprint density at radius 2 is 2.12 bits per heavy atom. The molecular weight excluding hydrogens is 392 g/mol. The Morgan fingerprint density at radius 1 is 1.23 bits per heavy atom. The predicted octanol–water partition coefficient (Wildman–Crippen LogP) is 4.11. The van der Waals surface area contributed by atoms with E-state index >= 15 is 0 Å². The van der Waals surface area contributed by atoms with Crippen LogP contribution in [0.2, 0.25) is 4.34 Å². The highest BCUT2D eigenvalue weighted by Gasteiger charge is 2.22. The highest BCUT2D eigenvalue weighted by molar-refractivity contribution is 7.92. The lowest BCUT2D eigenvalue weighted by atomic mass is 10.1. The van der Waals surface area contributed by atoms with Gasteiger partial charge in [-0.05, 0) is 49.7 Å². The molecule has 1 saturated heterocycles. The quantitative estimate of drug-likeness (QED) is 0.687. The van der Waals surface area contributed by atoms with Gasteiger partial charge in [-0.2, -0.15) is 8.42 Å². The molecule has 8 heteroatoms. The first-order valence-electron chi connectivity index (χ1n) is 8.53. The second-order valence-electron chi connectivity index (χ2n) is 6.32. The Kier molecular flexibility index (Phi) is 4.96. The van der Waals surface area contributed by atoms with E-state index in [1.165, 1.54) is 22.9 Å². The first-order chi connectivity index (χ1) is 12.6. The minimum atomic E-state index is -3.67. The summed E-state index contributed by atoms with van der Waals surface area (Å²) in [6.07, 6.45) is 5.09. The number of piperidine rings is 1. The highest BCUT2D eigenvalue weighted by atomic mass is 35.5. The number of hydrogen-bond acceptors (Lipinski definition) is 5. The molecule has 1 unspecified atom stereocenters. The number of ether oxygens (including phenoxy) is 1. The smallest absolute Gasteiger partial charge is 0.277 e. The fraction of sp³-hybridized carbons (Fsp3) is 0.333. The molecular formula is C18H19ClN2O3S2. The standard InChI is InChI=1S/C18H19ClN2O3S2/c19-17-7-8-18(25-17)26(22,23)21-11-9-14-15(21)5-3-6-16(14)24-12-13-4-1-2-10-20-13/h3,5-9,11,13,20H,1-2,4,10,12H2. The summed E-state index contributed by atoms with van der Waals surface area (Å²) in [4.78, 5) is 0. The summed E-state index contributed by atoms with van der Waals surface area (Å²) < 4.78 is 33.8. The highest BCUT2D eigenvalue weighted by Crippen LogP contribution is 2.32. The molecule has 1 aromatic carbocycles. The molecule has 1 aliphatic rings. The first-order valence-corrected chi connectivity index (χ1v) is 11.2. The molecule has 0 bridgehead atoms. The van der Waals surface area contributed by atoms with E-state index in [0.717, 1.165) is 29.7 Å². The van der Waals surface area contributed by atoms with E-state index in [9.17, 15) is 8.42 Å². The number of nitrogens with zero attached hydrogens (tertiary/aromatic N) is 1. The van der Waals surface area contributed by atoms with Crippen molar-refractivity contribution in [3.05, 3.63) is 46.9 Å². The molecule has 5 nitrogen and oxygen atoms in total. The Morgan fingerprint density at radius 3 is 2.85 bits per heavy atom. The van der Waals surface area contributed by atoms with Gasteiger partial charge in [-0.25, -0.2) is 3.97 Å². The number of fused-ring (bicyclic) bond motifs is 1. The van der Waals surface area contributed by atoms with Gasteiger partial charge in [-0.3, -0.25) is 0 Å². The normalized spacial score (nSPS) is 18.3. The zero-order valence-electron chi connectivity index (χ0n) is 14.0. The maximum absolute atomic E-state index is 12.9. The van der Waals surface area contributed by atoms with Crippen molar-refractivity contribution in [3.8, 4) is 5.75 Å². The van der Waals surface area contributed by atoms with Crippen LogP contribution in [0.5, 0.6) is 5.75 Å². The fourth-order valence-electron chi connectivity index (χ4n) is 3.24. The van der Waals surface area contributed by atoms with Crippen molar-refractivity contribution in [2.75, 3.05) is 13.2 Å². The molecule has 138 valence electrons. The van der Waals surface area contributed by atoms with Gasteiger partial charge < -0.3 is 10.1 Å². The van der Waals surface area contributed by atoms with Gasteiger partial charge in [-0.1, -0.05) is 24.1 Å². The van der Waals surface area contributed by atoms with Crippen molar-refractivity contribution in [1.82, 2.24) is 9.29 Å². The molecule has 2 aromatic heterocycles. The molecule has 1 N–H and O–H groups in total. The Hall–Kier alpha value is -1.54. The molecule has 1 atom stereocenters. The van der Waals surface area contributed by atoms with E-state index in [4.69, 9.17) is 16.3 Å². The topological polar surface area (TPSA) is 60.3 Å². The van der Waals surface area contributed by atoms with Crippen LogP contribution < -0.4 is 10.1 Å². The van der Waals surface area contributed by atoms with Gasteiger partial charge in [-0.15, -0.1) is 11.3 Å². The van der Waals surface area contributed by atoms with Crippen LogP contribution in [0.25, 0.3) is 10.9 Å². The van der Waals surface area contributed by atoms with Crippen molar-refractivity contribution in [1.29, 1.82) is 0 Å². The van der Waals surface area contributed by atoms with E-state index in [0.29, 0.717) is 28.3 Å². The van der Waals surface area contributed by atoms with Crippen LogP contribution in [0, 0.1) is 0 Å². The number of nitrogens with one attached hydrogen (secondary N) is 1. The third kappa shape index (κ3) is 3.36. The van der Waals surface area contributed by atoms with Gasteiger partial charge in [0.2, 0.25) is 0 Å². The van der Waals surface area contributed by atoms with Crippen LogP contribution >= 0.6 is 22.9 Å². The Labute approximate surface area is 161 Å². The van der Waals surface area contributed by atoms with Gasteiger partial charge in [0.05, 0.1) is 9.85 Å². The Balaban J connectivity index is 1.64. The van der Waals surface area contributed by atoms with Crippen molar-refractivity contribution in [2.45, 2.75) is 29.5 Å². The molecule has 0 radical (unpaired) electrons. The molecule has 3 aromatic rings. The van der Waals surface area contributed by atoms with E-state index in [2.05, 4.69) is 5.32 Å². The number of benzene rings is 1. The zero-order chi connectivity index (χ0) is 18.1. The van der Waals surface area contributed by atoms with Crippen molar-refractivity contribution >= 4 is 43.9 Å². The second-order valence-corrected chi connectivity index (χ2v) is 10.1. The van der Waals surface area contributed by atoms with E-state index in [1.807, 2.05) is 12.1 Å². The fourth-order valence-corrected chi connectivity index (χ4v) is 6.16. The molecule has 0 aliphatic carbocycles. The molecule has 1 aliphatic heterocycles. The van der Waals surface area contributed by atoms with E-state index < -0.39 is 10.0 Å². The summed E-state index contributed by atoms with van der Waals surface area (Å²) in [5, 5.41) is 4.24. The molecule has 0 amide bonds. The zero-order valence-corrected chi connectivity index (χ0v) is 16.4. The minimum Gasteiger partial charge on any atom is -0.491 e. The molecule has 1 fully saturated rings. The second kappa shape index (κ2) is 7.23. The van der Waals surface area contributed by atoms with Crippen LogP contribution in [-0.4, -0.2) is 31.6 Å². The summed E-state index contributed by atoms with van der Waals surface area (Å²) in [7, 11) is -3.67. The van der Waals surface area contributed by atoms with Crippen LogP contribution in [0.1, 0.15) is 19.3 Å². The first kappa shape index (κ1) is 17.9. The number of aromatic nitrogens is 1. The summed E-state index contributed by atoms with van der Waals surface area (Å²) in [5.41, 5.74) is 0.601. The van der Waals surface area contributed by atoms with Crippen molar-refractivity contribution < 1.29 is 13.2 Å². The van der Waals surface area contributed by atoms with Gasteiger partial charge in [0.15, 0.2) is 0 Å². The predicted molar refractivity (Wildman–Crippen MR) is 105 cm³/mol. The maximum atomic E-state index is 12.9. The lowest BCUT2D eigenvalue weighted by molar-refractivity contribution is 0.241. The minimum absolute atomic E-state index is 0.220. The molecule has 0 spiro atoms. The van der Waals surface area contributed by atoms with Crippen molar-refractivity contribution in [2.24, 2.45) is 0 Å². The lowest BCUT2D eigenvalue weighted by Gasteiger charge is -2.23. The SMILES string of the molecule is O=S(=O)(c1ccc(Cl)s1)n1ccc2c(OCC3CCCCN3)cccc21. The van der Waals surface area contributed by atoms with Gasteiger partial charge in [0.1, 0.15) is 16.6 Å². The van der Waals surface area contributed by atoms with Crippen molar-refractivity contribution in [3.63, 3.8) is 0 Å². The molecule has 26 heavy (non-hydrogen) atoms. The average molecular weight is 411 g/mol. The Bertz CT molecular complexity index is 1020. The monoisotopic (exact) mass is 410 g/mol. The number of halogens is 1. The van der Waals surface area contributed by atoms with Crippen LogP contribution in [-0.2, 0) is 10.0 Å². The average Bonchev–Trinajstić information content (AvgIpc) is 3.28. The van der Waals surface area contributed by atoms with Gasteiger partial charge in [0, 0.05) is 17.6 Å². The third-order valence-corrected chi connectivity index (χ3v) is 7.96. The van der Waals surface area contributed by atoms with E-state index in [1.54, 1.807) is 24.4 Å². The third-order valence-electron chi connectivity index (χ3n) is 4.57. The summed E-state index contributed by atoms with van der Waals surface area (Å²) in [6, 6.07) is 10.7. The maximum Gasteiger partial charge on any atom is 0.277 e. The largest absolute Gasteiger partial charge is 0.491 e. The van der Waals surface area contributed by atoms with E-state index in [-0.39, 0.29) is 4.21 Å². The number of thiophene rings is 1. The molecule has 4 rings (SSSR count). The summed E-state index contributed by atoms with van der Waals surface area (Å²) >= 11 is 6.96. The lowest BCUT2D eigenvalue weighted by Crippen LogP contribution is -2.38. The summed E-state index contributed by atoms with van der Waals surface area (Å²) in [5.74, 6) is 0.702. The molecule has 0 saturated carbocycles. The van der Waals surface area contributed by atoms with Crippen LogP contribution in [0.3, 0.4) is 0 Å². The van der Waals surface area contributed by atoms with Gasteiger partial charge >= 0.3 is 0 Å². The number of rotatable bonds is 5. The van der Waals surface area contributed by atoms with Gasteiger partial charge in [0.25, 0.3) is 10.0 Å². The van der Waals surface area contributed by atoms with Crippen LogP contribution in [0.4, 0.5) is 0 Å².